The van der Waals surface area contributed by atoms with E-state index in [1.165, 1.54) is 0 Å². The molecule has 0 fully saturated rings. The average Bonchev–Trinajstić information content (AvgIpc) is 1.61. The first kappa shape index (κ1) is 16.9. The minimum Gasteiger partial charge on any atom is -0.342 e. The first-order valence-corrected chi connectivity index (χ1v) is 6.88. The van der Waals surface area contributed by atoms with Crippen molar-refractivity contribution in [3.8, 4) is 0 Å². The molecule has 0 heterocycles. The molecule has 0 aliphatic rings. The van der Waals surface area contributed by atoms with E-state index in [0.29, 0.717) is 0 Å². The number of allylic oxidation sites excluding steroid dienone is 1. The van der Waals surface area contributed by atoms with Crippen LogP contribution in [0.1, 0.15) is 6.42 Å². The molecular formula is C8H18SiZn. The largest absolute Gasteiger partial charge is 2.00 e. The topological polar surface area (TPSA) is 0 Å². The zero-order valence-corrected chi connectivity index (χ0v) is 11.6. The van der Waals surface area contributed by atoms with Crippen molar-refractivity contribution in [2.75, 3.05) is 0 Å². The molecule has 0 N–H and O–H groups in total. The molecule has 56 valence electrons. The molecule has 0 atom stereocenters. The van der Waals surface area contributed by atoms with Gasteiger partial charge in [0.05, 0.1) is 0 Å². The molecule has 0 radical (unpaired) electrons. The summed E-state index contributed by atoms with van der Waals surface area (Å²) in [5.74, 6) is 0. The Morgan fingerprint density at radius 1 is 1.40 bits per heavy atom. The summed E-state index contributed by atoms with van der Waals surface area (Å²) in [5.41, 5.74) is 0. The Morgan fingerprint density at radius 2 is 1.50 bits per heavy atom. The molecule has 0 aliphatic heterocycles. The van der Waals surface area contributed by atoms with Crippen molar-refractivity contribution in [1.82, 2.24) is 0 Å². The van der Waals surface area contributed by atoms with E-state index in [-0.39, 0.29) is 19.5 Å². The smallest absolute Gasteiger partial charge is 0.342 e. The predicted molar refractivity (Wildman–Crippen MR) is 48.9 cm³/mol. The Bertz CT molecular complexity index is 58.1. The van der Waals surface area contributed by atoms with E-state index >= 15 is 0 Å². The van der Waals surface area contributed by atoms with E-state index in [0.717, 1.165) is 6.42 Å². The second-order valence-corrected chi connectivity index (χ2v) is 8.26. The molecule has 0 saturated heterocycles. The van der Waals surface area contributed by atoms with Crippen molar-refractivity contribution in [2.45, 2.75) is 26.1 Å². The third-order valence-electron chi connectivity index (χ3n) is 0.204. The molecule has 10 heavy (non-hydrogen) atoms. The molecular weight excluding hydrogens is 190 g/mol. The van der Waals surface area contributed by atoms with Gasteiger partial charge in [0.2, 0.25) is 0 Å². The summed E-state index contributed by atoms with van der Waals surface area (Å²) in [4.78, 5) is 0. The van der Waals surface area contributed by atoms with Crippen LogP contribution in [0.2, 0.25) is 19.6 Å². The Kier molecular flexibility index (Phi) is 16.2. The van der Waals surface area contributed by atoms with Gasteiger partial charge in [0.15, 0.2) is 0 Å². The van der Waals surface area contributed by atoms with E-state index < -0.39 is 8.07 Å². The molecule has 0 rings (SSSR count). The summed E-state index contributed by atoms with van der Waals surface area (Å²) in [6.45, 7) is 17.5. The fraction of sp³-hybridized carbons (Fsp3) is 0.500. The number of hydrogen-bond acceptors (Lipinski definition) is 0. The fourth-order valence-corrected chi connectivity index (χ4v) is 0. The molecule has 0 amide bonds. The maximum absolute atomic E-state index is 3.91. The fourth-order valence-electron chi connectivity index (χ4n) is 0. The zero-order valence-electron chi connectivity index (χ0n) is 7.61. The van der Waals surface area contributed by atoms with E-state index in [9.17, 15) is 0 Å². The van der Waals surface area contributed by atoms with Crippen LogP contribution in [0.4, 0.5) is 0 Å². The van der Waals surface area contributed by atoms with E-state index in [4.69, 9.17) is 0 Å². The van der Waals surface area contributed by atoms with Gasteiger partial charge in [-0.2, -0.15) is 6.42 Å². The van der Waals surface area contributed by atoms with Gasteiger partial charge in [-0.15, -0.1) is 20.7 Å². The molecule has 2 heteroatoms. The summed E-state index contributed by atoms with van der Waals surface area (Å²) in [6, 6.07) is 0. The van der Waals surface area contributed by atoms with Crippen LogP contribution >= 0.6 is 0 Å². The van der Waals surface area contributed by atoms with E-state index in [2.05, 4.69) is 39.7 Å². The monoisotopic (exact) mass is 206 g/mol. The SMILES string of the molecule is C=CC[CH2-].[CH2-][Si](C)(C)C.[Zn+2]. The van der Waals surface area contributed by atoms with E-state index in [1.54, 1.807) is 6.08 Å². The minimum absolute atomic E-state index is 0. The molecule has 0 aliphatic carbocycles. The van der Waals surface area contributed by atoms with Crippen LogP contribution in [0.5, 0.6) is 0 Å². The van der Waals surface area contributed by atoms with Crippen LogP contribution in [0.25, 0.3) is 0 Å². The van der Waals surface area contributed by atoms with E-state index in [1.807, 2.05) is 0 Å². The summed E-state index contributed by atoms with van der Waals surface area (Å²) in [7, 11) is -0.861. The Labute approximate surface area is 79.9 Å². The first-order chi connectivity index (χ1) is 3.91. The van der Waals surface area contributed by atoms with Gasteiger partial charge < -0.3 is 13.5 Å². The average molecular weight is 208 g/mol. The van der Waals surface area contributed by atoms with Gasteiger partial charge in [0.1, 0.15) is 0 Å². The summed E-state index contributed by atoms with van der Waals surface area (Å²) < 4.78 is 0. The Morgan fingerprint density at radius 3 is 1.50 bits per heavy atom. The van der Waals surface area contributed by atoms with Crippen molar-refractivity contribution in [2.24, 2.45) is 0 Å². The van der Waals surface area contributed by atoms with Crippen molar-refractivity contribution in [1.29, 1.82) is 0 Å². The van der Waals surface area contributed by atoms with Crippen LogP contribution in [0, 0.1) is 13.5 Å². The molecule has 0 unspecified atom stereocenters. The van der Waals surface area contributed by atoms with Gasteiger partial charge >= 0.3 is 19.5 Å². The third kappa shape index (κ3) is 197. The maximum Gasteiger partial charge on any atom is 2.00 e. The summed E-state index contributed by atoms with van der Waals surface area (Å²) >= 11 is 0. The normalized spacial score (nSPS) is 8.50. The van der Waals surface area contributed by atoms with Crippen LogP contribution < -0.4 is 0 Å². The molecule has 0 spiro atoms. The molecule has 0 aromatic rings. The van der Waals surface area contributed by atoms with Crippen LogP contribution in [-0.4, -0.2) is 8.07 Å². The second kappa shape index (κ2) is 9.58. The van der Waals surface area contributed by atoms with Gasteiger partial charge in [-0.25, -0.2) is 0 Å². The van der Waals surface area contributed by atoms with Gasteiger partial charge in [-0.1, -0.05) is 19.6 Å². The maximum atomic E-state index is 3.91. The van der Waals surface area contributed by atoms with Gasteiger partial charge in [0.25, 0.3) is 0 Å². The Hall–Kier alpha value is 0.580. The molecule has 0 saturated carbocycles. The van der Waals surface area contributed by atoms with Gasteiger partial charge in [-0.05, 0) is 0 Å². The van der Waals surface area contributed by atoms with Crippen molar-refractivity contribution in [3.63, 3.8) is 0 Å². The van der Waals surface area contributed by atoms with Crippen molar-refractivity contribution < 1.29 is 19.5 Å². The van der Waals surface area contributed by atoms with Crippen LogP contribution in [-0.2, 0) is 19.5 Å². The quantitative estimate of drug-likeness (QED) is 0.352. The molecule has 0 aromatic heterocycles. The predicted octanol–water partition coefficient (Wildman–Crippen LogP) is 3.09. The standard InChI is InChI=1S/C4H11Si.C4H7.Zn/c1-5(2,3)4;1-3-4-2;/h1H2,2-4H3;3H,1-2,4H2;/q2*-1;+2. The first-order valence-electron chi connectivity index (χ1n) is 3.17. The van der Waals surface area contributed by atoms with Crippen LogP contribution in [0.15, 0.2) is 12.7 Å². The molecule has 0 bridgehead atoms. The summed E-state index contributed by atoms with van der Waals surface area (Å²) in [6.07, 6.45) is 2.60. The minimum atomic E-state index is -0.861. The molecule has 0 nitrogen and oxygen atoms in total. The summed E-state index contributed by atoms with van der Waals surface area (Å²) in [5, 5.41) is 0. The van der Waals surface area contributed by atoms with Gasteiger partial charge in [-0.3, -0.25) is 0 Å². The van der Waals surface area contributed by atoms with Crippen LogP contribution in [0.3, 0.4) is 0 Å². The third-order valence-corrected chi connectivity index (χ3v) is 0.204. The zero-order chi connectivity index (χ0) is 7.91. The Balaban J connectivity index is -0.0000000910. The number of hydrogen-bond donors (Lipinski definition) is 0. The van der Waals surface area contributed by atoms with Gasteiger partial charge in [0, 0.05) is 0 Å². The van der Waals surface area contributed by atoms with Crippen molar-refractivity contribution in [3.05, 3.63) is 26.1 Å². The van der Waals surface area contributed by atoms with Crippen molar-refractivity contribution >= 4 is 8.07 Å². The number of rotatable bonds is 1. The molecule has 0 aromatic carbocycles. The second-order valence-electron chi connectivity index (χ2n) is 3.14.